The first-order chi connectivity index (χ1) is 8.13. The van der Waals surface area contributed by atoms with Crippen molar-refractivity contribution in [3.63, 3.8) is 0 Å². The van der Waals surface area contributed by atoms with Gasteiger partial charge < -0.3 is 15.2 Å². The summed E-state index contributed by atoms with van der Waals surface area (Å²) in [5.41, 5.74) is 0.283. The van der Waals surface area contributed by atoms with Crippen molar-refractivity contribution in [2.24, 2.45) is 0 Å². The van der Waals surface area contributed by atoms with Crippen LogP contribution in [0.5, 0.6) is 5.75 Å². The molecular weight excluding hydrogens is 222 g/mol. The van der Waals surface area contributed by atoms with Crippen molar-refractivity contribution >= 4 is 17.6 Å². The van der Waals surface area contributed by atoms with E-state index in [1.807, 2.05) is 0 Å². The topological polar surface area (TPSA) is 75.6 Å². The Bertz CT molecular complexity index is 440. The van der Waals surface area contributed by atoms with Gasteiger partial charge in [-0.05, 0) is 19.1 Å². The number of benzene rings is 1. The highest BCUT2D eigenvalue weighted by atomic mass is 16.5. The molecule has 1 rings (SSSR count). The summed E-state index contributed by atoms with van der Waals surface area (Å²) < 4.78 is 4.61. The molecule has 0 aromatic heterocycles. The highest BCUT2D eigenvalue weighted by molar-refractivity contribution is 6.03. The van der Waals surface area contributed by atoms with Gasteiger partial charge in [0.1, 0.15) is 5.75 Å². The van der Waals surface area contributed by atoms with Crippen molar-refractivity contribution in [3.05, 3.63) is 36.4 Å². The van der Waals surface area contributed by atoms with Crippen molar-refractivity contribution in [1.29, 1.82) is 0 Å². The van der Waals surface area contributed by atoms with Gasteiger partial charge >= 0.3 is 5.97 Å². The first-order valence-electron chi connectivity index (χ1n) is 5.07. The smallest absolute Gasteiger partial charge is 0.330 e. The fourth-order valence-corrected chi connectivity index (χ4v) is 1.09. The number of nitrogens with one attached hydrogen (secondary N) is 1. The molecule has 5 heteroatoms. The number of aromatic hydroxyl groups is 1. The fourth-order valence-electron chi connectivity index (χ4n) is 1.09. The Hall–Kier alpha value is -2.30. The fraction of sp³-hybridized carbons (Fsp3) is 0.167. The van der Waals surface area contributed by atoms with Crippen LogP contribution in [0.3, 0.4) is 0 Å². The van der Waals surface area contributed by atoms with E-state index in [-0.39, 0.29) is 18.0 Å². The van der Waals surface area contributed by atoms with Gasteiger partial charge in [-0.1, -0.05) is 12.1 Å². The molecule has 5 nitrogen and oxygen atoms in total. The predicted octanol–water partition coefficient (Wildman–Crippen LogP) is 1.45. The molecule has 1 aromatic rings. The summed E-state index contributed by atoms with van der Waals surface area (Å²) in [6.07, 6.45) is 2.07. The van der Waals surface area contributed by atoms with Crippen molar-refractivity contribution in [3.8, 4) is 5.75 Å². The van der Waals surface area contributed by atoms with Crippen molar-refractivity contribution < 1.29 is 19.4 Å². The van der Waals surface area contributed by atoms with Crippen LogP contribution in [0, 0.1) is 0 Å². The third-order valence-electron chi connectivity index (χ3n) is 1.82. The number of phenols is 1. The lowest BCUT2D eigenvalue weighted by Gasteiger charge is -2.03. The number of esters is 1. The zero-order valence-electron chi connectivity index (χ0n) is 9.34. The van der Waals surface area contributed by atoms with Gasteiger partial charge in [0.2, 0.25) is 5.91 Å². The molecule has 0 radical (unpaired) electrons. The molecule has 0 aliphatic heterocycles. The number of para-hydroxylation sites is 2. The van der Waals surface area contributed by atoms with Gasteiger partial charge in [-0.15, -0.1) is 0 Å². The Morgan fingerprint density at radius 3 is 2.71 bits per heavy atom. The molecule has 0 aliphatic carbocycles. The van der Waals surface area contributed by atoms with E-state index in [1.54, 1.807) is 25.1 Å². The van der Waals surface area contributed by atoms with Crippen molar-refractivity contribution in [1.82, 2.24) is 0 Å². The number of carbonyl (C=O) groups excluding carboxylic acids is 2. The standard InChI is InChI=1S/C12H13NO4/c1-2-17-12(16)8-7-11(15)13-9-5-3-4-6-10(9)14/h3-8,14H,2H2,1H3,(H,13,15)/b8-7+. The summed E-state index contributed by atoms with van der Waals surface area (Å²) in [4.78, 5) is 22.3. The van der Waals surface area contributed by atoms with E-state index < -0.39 is 11.9 Å². The van der Waals surface area contributed by atoms with Crippen LogP contribution in [0.25, 0.3) is 0 Å². The summed E-state index contributed by atoms with van der Waals surface area (Å²) in [7, 11) is 0. The third kappa shape index (κ3) is 4.38. The van der Waals surface area contributed by atoms with Crippen LogP contribution in [0.15, 0.2) is 36.4 Å². The zero-order chi connectivity index (χ0) is 12.7. The number of amides is 1. The minimum Gasteiger partial charge on any atom is -0.506 e. The van der Waals surface area contributed by atoms with Gasteiger partial charge in [-0.3, -0.25) is 4.79 Å². The van der Waals surface area contributed by atoms with E-state index in [9.17, 15) is 14.7 Å². The Morgan fingerprint density at radius 1 is 1.35 bits per heavy atom. The van der Waals surface area contributed by atoms with Crippen molar-refractivity contribution in [2.45, 2.75) is 6.92 Å². The number of phenolic OH excluding ortho intramolecular Hbond substituents is 1. The monoisotopic (exact) mass is 235 g/mol. The molecule has 0 unspecified atom stereocenters. The van der Waals surface area contributed by atoms with Gasteiger partial charge in [0.15, 0.2) is 0 Å². The van der Waals surface area contributed by atoms with Gasteiger partial charge in [-0.25, -0.2) is 4.79 Å². The van der Waals surface area contributed by atoms with E-state index in [2.05, 4.69) is 10.1 Å². The highest BCUT2D eigenvalue weighted by Gasteiger charge is 2.03. The maximum atomic E-state index is 11.4. The second kappa shape index (κ2) is 6.32. The molecule has 90 valence electrons. The molecule has 2 N–H and O–H groups in total. The zero-order valence-corrected chi connectivity index (χ0v) is 9.34. The minimum absolute atomic E-state index is 0.0367. The number of carbonyl (C=O) groups is 2. The summed E-state index contributed by atoms with van der Waals surface area (Å²) >= 11 is 0. The van der Waals surface area contributed by atoms with E-state index in [0.29, 0.717) is 0 Å². The highest BCUT2D eigenvalue weighted by Crippen LogP contribution is 2.21. The van der Waals surface area contributed by atoms with Gasteiger partial charge in [0.05, 0.1) is 12.3 Å². The number of anilines is 1. The van der Waals surface area contributed by atoms with E-state index >= 15 is 0 Å². The third-order valence-corrected chi connectivity index (χ3v) is 1.82. The second-order valence-electron chi connectivity index (χ2n) is 3.09. The van der Waals surface area contributed by atoms with E-state index in [1.165, 1.54) is 6.07 Å². The summed E-state index contributed by atoms with van der Waals surface area (Å²) in [6, 6.07) is 6.31. The first-order valence-corrected chi connectivity index (χ1v) is 5.07. The maximum Gasteiger partial charge on any atom is 0.330 e. The van der Waals surface area contributed by atoms with Crippen LogP contribution in [0.1, 0.15) is 6.92 Å². The average Bonchev–Trinajstić information content (AvgIpc) is 2.30. The quantitative estimate of drug-likeness (QED) is 0.470. The summed E-state index contributed by atoms with van der Waals surface area (Å²) in [6.45, 7) is 1.93. The molecule has 1 aromatic carbocycles. The van der Waals surface area contributed by atoms with Gasteiger partial charge in [0, 0.05) is 12.2 Å². The Labute approximate surface area is 98.7 Å². The van der Waals surface area contributed by atoms with Gasteiger partial charge in [-0.2, -0.15) is 0 Å². The number of hydrogen-bond donors (Lipinski definition) is 2. The lowest BCUT2D eigenvalue weighted by atomic mass is 10.3. The van der Waals surface area contributed by atoms with Crippen LogP contribution < -0.4 is 5.32 Å². The Balaban J connectivity index is 2.56. The molecular formula is C12H13NO4. The molecule has 17 heavy (non-hydrogen) atoms. The number of hydrogen-bond acceptors (Lipinski definition) is 4. The maximum absolute atomic E-state index is 11.4. The molecule has 0 saturated heterocycles. The van der Waals surface area contributed by atoms with Crippen molar-refractivity contribution in [2.75, 3.05) is 11.9 Å². The number of ether oxygens (including phenoxy) is 1. The van der Waals surface area contributed by atoms with Crippen LogP contribution in [0.4, 0.5) is 5.69 Å². The molecule has 0 fully saturated rings. The lowest BCUT2D eigenvalue weighted by Crippen LogP contribution is -2.09. The first kappa shape index (κ1) is 12.8. The Kier molecular flexibility index (Phi) is 4.75. The molecule has 0 spiro atoms. The van der Waals surface area contributed by atoms with E-state index in [0.717, 1.165) is 12.2 Å². The SMILES string of the molecule is CCOC(=O)/C=C/C(=O)Nc1ccccc1O. The van der Waals surface area contributed by atoms with E-state index in [4.69, 9.17) is 0 Å². The molecule has 0 atom stereocenters. The second-order valence-corrected chi connectivity index (χ2v) is 3.09. The lowest BCUT2D eigenvalue weighted by molar-refractivity contribution is -0.137. The van der Waals surface area contributed by atoms with Gasteiger partial charge in [0.25, 0.3) is 0 Å². The normalized spacial score (nSPS) is 10.2. The van der Waals surface area contributed by atoms with Crippen LogP contribution in [0.2, 0.25) is 0 Å². The summed E-state index contributed by atoms with van der Waals surface area (Å²) in [5, 5.41) is 11.8. The van der Waals surface area contributed by atoms with Crippen LogP contribution in [-0.4, -0.2) is 23.6 Å². The number of rotatable bonds is 4. The molecule has 0 bridgehead atoms. The predicted molar refractivity (Wildman–Crippen MR) is 62.5 cm³/mol. The van der Waals surface area contributed by atoms with Crippen LogP contribution in [-0.2, 0) is 14.3 Å². The Morgan fingerprint density at radius 2 is 2.06 bits per heavy atom. The molecule has 1 amide bonds. The minimum atomic E-state index is -0.583. The molecule has 0 aliphatic rings. The largest absolute Gasteiger partial charge is 0.506 e. The molecule has 0 heterocycles. The summed E-state index contributed by atoms with van der Waals surface area (Å²) in [5.74, 6) is -1.13. The average molecular weight is 235 g/mol. The van der Waals surface area contributed by atoms with Crippen LogP contribution >= 0.6 is 0 Å². The molecule has 0 saturated carbocycles.